The number of anilines is 1. The molecule has 1 aromatic rings. The van der Waals surface area contributed by atoms with Crippen LogP contribution in [0.4, 0.5) is 5.82 Å². The van der Waals surface area contributed by atoms with Crippen LogP contribution in [0.15, 0.2) is 0 Å². The van der Waals surface area contributed by atoms with Crippen molar-refractivity contribution in [2.24, 2.45) is 0 Å². The van der Waals surface area contributed by atoms with Crippen molar-refractivity contribution in [2.75, 3.05) is 25.0 Å². The molecule has 2 heterocycles. The lowest BCUT2D eigenvalue weighted by Crippen LogP contribution is -2.29. The largest absolute Gasteiger partial charge is 0.367 e. The number of amides is 1. The zero-order valence-electron chi connectivity index (χ0n) is 9.70. The van der Waals surface area contributed by atoms with Gasteiger partial charge in [0.1, 0.15) is 0 Å². The molecule has 8 heteroatoms. The van der Waals surface area contributed by atoms with Crippen molar-refractivity contribution in [1.29, 1.82) is 0 Å². The van der Waals surface area contributed by atoms with Crippen molar-refractivity contribution >= 4 is 34.9 Å². The number of rotatable bonds is 4. The second kappa shape index (κ2) is 6.15. The number of hydrogen-bond acceptors (Lipinski definition) is 5. The van der Waals surface area contributed by atoms with E-state index in [0.29, 0.717) is 18.8 Å². The molecule has 0 aromatic carbocycles. The molecule has 0 radical (unpaired) electrons. The molecular weight excluding hydrogens is 277 g/mol. The van der Waals surface area contributed by atoms with Crippen molar-refractivity contribution in [3.8, 4) is 0 Å². The number of carbonyl (C=O) groups is 1. The van der Waals surface area contributed by atoms with Gasteiger partial charge >= 0.3 is 0 Å². The van der Waals surface area contributed by atoms with E-state index >= 15 is 0 Å². The molecule has 2 rings (SSSR count). The molecule has 98 valence electrons. The van der Waals surface area contributed by atoms with Gasteiger partial charge in [0.25, 0.3) is 0 Å². The predicted molar refractivity (Wildman–Crippen MR) is 68.8 cm³/mol. The lowest BCUT2D eigenvalue weighted by atomic mass is 10.3. The van der Waals surface area contributed by atoms with Crippen molar-refractivity contribution in [3.05, 3.63) is 10.4 Å². The molecule has 1 saturated heterocycles. The van der Waals surface area contributed by atoms with Crippen molar-refractivity contribution < 1.29 is 4.79 Å². The predicted octanol–water partition coefficient (Wildman–Crippen LogP) is 1.60. The first-order valence-electron chi connectivity index (χ1n) is 5.74. The third kappa shape index (κ3) is 3.43. The summed E-state index contributed by atoms with van der Waals surface area (Å²) in [6.45, 7) is 2.17. The Labute approximate surface area is 115 Å². The van der Waals surface area contributed by atoms with E-state index in [1.165, 1.54) is 0 Å². The van der Waals surface area contributed by atoms with Gasteiger partial charge in [-0.1, -0.05) is 11.6 Å². The number of nitrogens with one attached hydrogen (secondary N) is 1. The molecule has 1 aliphatic heterocycles. The van der Waals surface area contributed by atoms with Gasteiger partial charge in [0.15, 0.2) is 11.0 Å². The summed E-state index contributed by atoms with van der Waals surface area (Å²) in [4.78, 5) is 17.5. The van der Waals surface area contributed by atoms with Gasteiger partial charge in [0, 0.05) is 26.1 Å². The van der Waals surface area contributed by atoms with Crippen LogP contribution in [0.1, 0.15) is 19.3 Å². The van der Waals surface area contributed by atoms with Gasteiger partial charge in [-0.2, -0.15) is 4.98 Å². The maximum Gasteiger partial charge on any atom is 0.245 e. The first kappa shape index (κ1) is 13.3. The molecule has 18 heavy (non-hydrogen) atoms. The Hall–Kier alpha value is -1.14. The van der Waals surface area contributed by atoms with Gasteiger partial charge < -0.3 is 10.2 Å². The highest BCUT2D eigenvalue weighted by Crippen LogP contribution is 2.16. The summed E-state index contributed by atoms with van der Waals surface area (Å²) in [5.74, 6) is 0.495. The Kier molecular flexibility index (Phi) is 4.54. The van der Waals surface area contributed by atoms with Gasteiger partial charge in [0.05, 0.1) is 0 Å². The first-order chi connectivity index (χ1) is 8.66. The Morgan fingerprint density at radius 3 is 2.72 bits per heavy atom. The molecule has 0 spiro atoms. The molecule has 0 saturated carbocycles. The van der Waals surface area contributed by atoms with Gasteiger partial charge in [-0.15, -0.1) is 10.2 Å². The van der Waals surface area contributed by atoms with E-state index in [9.17, 15) is 4.79 Å². The summed E-state index contributed by atoms with van der Waals surface area (Å²) < 4.78 is 0. The maximum absolute atomic E-state index is 11.8. The van der Waals surface area contributed by atoms with Crippen LogP contribution < -0.4 is 5.32 Å². The van der Waals surface area contributed by atoms with Gasteiger partial charge in [-0.25, -0.2) is 0 Å². The highest BCUT2D eigenvalue weighted by Gasteiger charge is 2.17. The lowest BCUT2D eigenvalue weighted by Gasteiger charge is -2.15. The Bertz CT molecular complexity index is 436. The maximum atomic E-state index is 11.8. The molecule has 0 unspecified atom stereocenters. The summed E-state index contributed by atoms with van der Waals surface area (Å²) in [7, 11) is 0. The van der Waals surface area contributed by atoms with Crippen LogP contribution in [0.2, 0.25) is 10.4 Å². The molecule has 1 fully saturated rings. The lowest BCUT2D eigenvalue weighted by molar-refractivity contribution is -0.129. The highest BCUT2D eigenvalue weighted by molar-refractivity contribution is 6.32. The summed E-state index contributed by atoms with van der Waals surface area (Å²) in [5, 5.41) is 10.2. The molecule has 6 nitrogen and oxygen atoms in total. The number of carbonyl (C=O) groups excluding carboxylic acids is 1. The van der Waals surface area contributed by atoms with Crippen LogP contribution in [0.25, 0.3) is 0 Å². The first-order valence-corrected chi connectivity index (χ1v) is 6.50. The SMILES string of the molecule is O=C(CCNc1nc(Cl)nnc1Cl)N1CCCC1. The number of nitrogens with zero attached hydrogens (tertiary/aromatic N) is 4. The van der Waals surface area contributed by atoms with E-state index in [4.69, 9.17) is 23.2 Å². The normalized spacial score (nSPS) is 14.9. The standard InChI is InChI=1S/C10H13Cl2N5O/c11-8-9(14-10(12)16-15-8)13-4-3-7(18)17-5-1-2-6-17/h1-6H2,(H,13,14,16). The van der Waals surface area contributed by atoms with E-state index < -0.39 is 0 Å². The van der Waals surface area contributed by atoms with E-state index in [1.807, 2.05) is 4.90 Å². The monoisotopic (exact) mass is 289 g/mol. The number of halogens is 2. The number of likely N-dealkylation sites (tertiary alicyclic amines) is 1. The van der Waals surface area contributed by atoms with E-state index in [0.717, 1.165) is 25.9 Å². The molecule has 0 bridgehead atoms. The van der Waals surface area contributed by atoms with Crippen molar-refractivity contribution in [1.82, 2.24) is 20.1 Å². The van der Waals surface area contributed by atoms with Gasteiger partial charge in [-0.3, -0.25) is 4.79 Å². The number of aromatic nitrogens is 3. The summed E-state index contributed by atoms with van der Waals surface area (Å²) in [5.41, 5.74) is 0. The molecule has 0 atom stereocenters. The third-order valence-electron chi connectivity index (χ3n) is 2.71. The minimum Gasteiger partial charge on any atom is -0.367 e. The average molecular weight is 290 g/mol. The average Bonchev–Trinajstić information content (AvgIpc) is 2.87. The van der Waals surface area contributed by atoms with Crippen LogP contribution in [0.3, 0.4) is 0 Å². The zero-order valence-corrected chi connectivity index (χ0v) is 11.2. The fraction of sp³-hybridized carbons (Fsp3) is 0.600. The molecule has 1 amide bonds. The second-order valence-electron chi connectivity index (χ2n) is 3.98. The smallest absolute Gasteiger partial charge is 0.245 e. The summed E-state index contributed by atoms with van der Waals surface area (Å²) in [6, 6.07) is 0. The molecule has 1 aromatic heterocycles. The molecule has 0 aliphatic carbocycles. The van der Waals surface area contributed by atoms with Crippen LogP contribution in [-0.2, 0) is 4.79 Å². The quantitative estimate of drug-likeness (QED) is 0.912. The molecule has 1 N–H and O–H groups in total. The topological polar surface area (TPSA) is 71.0 Å². The Morgan fingerprint density at radius 2 is 2.00 bits per heavy atom. The van der Waals surface area contributed by atoms with E-state index in [-0.39, 0.29) is 16.3 Å². The van der Waals surface area contributed by atoms with Crippen LogP contribution >= 0.6 is 23.2 Å². The van der Waals surface area contributed by atoms with Gasteiger partial charge in [0.2, 0.25) is 11.2 Å². The molecule has 1 aliphatic rings. The van der Waals surface area contributed by atoms with Crippen molar-refractivity contribution in [2.45, 2.75) is 19.3 Å². The van der Waals surface area contributed by atoms with Crippen LogP contribution in [0.5, 0.6) is 0 Å². The zero-order chi connectivity index (χ0) is 13.0. The van der Waals surface area contributed by atoms with E-state index in [1.54, 1.807) is 0 Å². The Morgan fingerprint density at radius 1 is 1.28 bits per heavy atom. The van der Waals surface area contributed by atoms with E-state index in [2.05, 4.69) is 20.5 Å². The minimum atomic E-state index is 0.0211. The third-order valence-corrected chi connectivity index (χ3v) is 3.12. The fourth-order valence-electron chi connectivity index (χ4n) is 1.82. The highest BCUT2D eigenvalue weighted by atomic mass is 35.5. The van der Waals surface area contributed by atoms with Crippen LogP contribution in [-0.4, -0.2) is 45.6 Å². The summed E-state index contributed by atoms with van der Waals surface area (Å²) in [6.07, 6.45) is 2.59. The second-order valence-corrected chi connectivity index (χ2v) is 4.68. The fourth-order valence-corrected chi connectivity index (χ4v) is 2.09. The summed E-state index contributed by atoms with van der Waals surface area (Å²) >= 11 is 11.4. The minimum absolute atomic E-state index is 0.0211. The van der Waals surface area contributed by atoms with Crippen molar-refractivity contribution in [3.63, 3.8) is 0 Å². The molecular formula is C10H13Cl2N5O. The van der Waals surface area contributed by atoms with Gasteiger partial charge in [-0.05, 0) is 24.4 Å². The van der Waals surface area contributed by atoms with Crippen LogP contribution in [0, 0.1) is 0 Å². The Balaban J connectivity index is 1.81. The number of hydrogen-bond donors (Lipinski definition) is 1.